The first kappa shape index (κ1) is 19.2. The molecule has 0 saturated carbocycles. The number of likely N-dealkylation sites (N-methyl/N-ethyl adjacent to an activating group) is 1. The van der Waals surface area contributed by atoms with Crippen molar-refractivity contribution in [3.8, 4) is 5.69 Å². The van der Waals surface area contributed by atoms with Crippen LogP contribution in [0.1, 0.15) is 10.4 Å². The van der Waals surface area contributed by atoms with Crippen molar-refractivity contribution in [3.05, 3.63) is 72.3 Å². The Morgan fingerprint density at radius 2 is 1.89 bits per heavy atom. The number of carbonyl (C=O) groups excluding carboxylic acids is 2. The lowest BCUT2D eigenvalue weighted by Gasteiger charge is -2.13. The Labute approximate surface area is 161 Å². The molecule has 0 atom stereocenters. The Morgan fingerprint density at radius 3 is 2.61 bits per heavy atom. The minimum atomic E-state index is -0.617. The lowest BCUT2D eigenvalue weighted by atomic mass is 10.1. The molecule has 7 nitrogen and oxygen atoms in total. The fourth-order valence-electron chi connectivity index (χ4n) is 2.67. The Hall–Kier alpha value is -3.52. The van der Waals surface area contributed by atoms with E-state index in [1.807, 2.05) is 6.07 Å². The third-order valence-electron chi connectivity index (χ3n) is 3.81. The van der Waals surface area contributed by atoms with Crippen molar-refractivity contribution in [1.29, 1.82) is 0 Å². The van der Waals surface area contributed by atoms with Gasteiger partial charge >= 0.3 is 0 Å². The lowest BCUT2D eigenvalue weighted by Crippen LogP contribution is -2.27. The van der Waals surface area contributed by atoms with Crippen LogP contribution in [0, 0.1) is 5.82 Å². The zero-order valence-corrected chi connectivity index (χ0v) is 15.5. The summed E-state index contributed by atoms with van der Waals surface area (Å²) in [5, 5.41) is 9.53. The van der Waals surface area contributed by atoms with E-state index in [0.717, 1.165) is 6.07 Å². The molecule has 0 aliphatic rings. The summed E-state index contributed by atoms with van der Waals surface area (Å²) in [6.45, 7) is 0.148. The fourth-order valence-corrected chi connectivity index (χ4v) is 2.67. The second-order valence-corrected chi connectivity index (χ2v) is 6.44. The van der Waals surface area contributed by atoms with Gasteiger partial charge in [-0.2, -0.15) is 5.10 Å². The number of anilines is 2. The van der Waals surface area contributed by atoms with Gasteiger partial charge in [0.1, 0.15) is 5.82 Å². The van der Waals surface area contributed by atoms with Crippen molar-refractivity contribution in [2.45, 2.75) is 0 Å². The number of nitrogens with zero attached hydrogens (tertiary/aromatic N) is 3. The van der Waals surface area contributed by atoms with Crippen LogP contribution in [-0.4, -0.2) is 47.1 Å². The number of aromatic nitrogens is 2. The van der Waals surface area contributed by atoms with Gasteiger partial charge in [-0.3, -0.25) is 9.59 Å². The normalized spacial score (nSPS) is 10.7. The average Bonchev–Trinajstić information content (AvgIpc) is 3.15. The molecule has 0 radical (unpaired) electrons. The van der Waals surface area contributed by atoms with Gasteiger partial charge < -0.3 is 15.5 Å². The number of amides is 2. The molecule has 0 aliphatic carbocycles. The molecule has 3 aromatic rings. The molecule has 2 aromatic carbocycles. The van der Waals surface area contributed by atoms with Gasteiger partial charge in [0.05, 0.1) is 17.9 Å². The van der Waals surface area contributed by atoms with Crippen molar-refractivity contribution in [2.75, 3.05) is 31.3 Å². The first-order chi connectivity index (χ1) is 13.4. The zero-order valence-electron chi connectivity index (χ0n) is 15.5. The van der Waals surface area contributed by atoms with Gasteiger partial charge in [-0.25, -0.2) is 9.07 Å². The lowest BCUT2D eigenvalue weighted by molar-refractivity contribution is -0.116. The summed E-state index contributed by atoms with van der Waals surface area (Å²) in [7, 11) is 3.50. The molecule has 8 heteroatoms. The van der Waals surface area contributed by atoms with Crippen LogP contribution < -0.4 is 10.6 Å². The van der Waals surface area contributed by atoms with Crippen molar-refractivity contribution < 1.29 is 14.0 Å². The summed E-state index contributed by atoms with van der Waals surface area (Å²) in [5.41, 5.74) is 1.52. The molecule has 0 spiro atoms. The molecule has 0 saturated heterocycles. The highest BCUT2D eigenvalue weighted by Gasteiger charge is 2.13. The van der Waals surface area contributed by atoms with Crippen LogP contribution in [0.25, 0.3) is 5.69 Å². The molecule has 28 heavy (non-hydrogen) atoms. The van der Waals surface area contributed by atoms with E-state index in [0.29, 0.717) is 11.4 Å². The highest BCUT2D eigenvalue weighted by Crippen LogP contribution is 2.21. The van der Waals surface area contributed by atoms with Crippen molar-refractivity contribution in [1.82, 2.24) is 14.7 Å². The van der Waals surface area contributed by atoms with E-state index in [1.54, 1.807) is 60.3 Å². The molecule has 2 N–H and O–H groups in total. The van der Waals surface area contributed by atoms with Crippen molar-refractivity contribution >= 4 is 23.2 Å². The third kappa shape index (κ3) is 4.80. The van der Waals surface area contributed by atoms with E-state index in [2.05, 4.69) is 15.7 Å². The highest BCUT2D eigenvalue weighted by molar-refractivity contribution is 6.06. The minimum Gasteiger partial charge on any atom is -0.325 e. The summed E-state index contributed by atoms with van der Waals surface area (Å²) in [6.07, 6.45) is 3.39. The molecule has 0 aliphatic heterocycles. The maximum Gasteiger partial charge on any atom is 0.255 e. The summed E-state index contributed by atoms with van der Waals surface area (Å²) in [6, 6.07) is 12.6. The first-order valence-corrected chi connectivity index (χ1v) is 8.58. The molecule has 0 fully saturated rings. The van der Waals surface area contributed by atoms with Crippen molar-refractivity contribution in [2.24, 2.45) is 0 Å². The number of hydrogen-bond donors (Lipinski definition) is 2. The van der Waals surface area contributed by atoms with Crippen LogP contribution in [-0.2, 0) is 4.79 Å². The van der Waals surface area contributed by atoms with E-state index in [4.69, 9.17) is 0 Å². The topological polar surface area (TPSA) is 79.3 Å². The predicted molar refractivity (Wildman–Crippen MR) is 105 cm³/mol. The van der Waals surface area contributed by atoms with E-state index in [-0.39, 0.29) is 23.7 Å². The summed E-state index contributed by atoms with van der Waals surface area (Å²) in [5.74, 6) is -1.42. The standard InChI is InChI=1S/C20H20FN5O2/c1-25(2)13-19(27)23-16-11-14(10-15(21)12-16)20(28)24-17-6-3-4-7-18(17)26-9-5-8-22-26/h3-12H,13H2,1-2H3,(H,23,27)(H,24,28). The molecular weight excluding hydrogens is 361 g/mol. The van der Waals surface area contributed by atoms with E-state index >= 15 is 0 Å². The number of nitrogens with one attached hydrogen (secondary N) is 2. The van der Waals surface area contributed by atoms with Gasteiger partial charge in [-0.1, -0.05) is 12.1 Å². The SMILES string of the molecule is CN(C)CC(=O)Nc1cc(F)cc(C(=O)Nc2ccccc2-n2cccn2)c1. The third-order valence-corrected chi connectivity index (χ3v) is 3.81. The molecule has 0 unspecified atom stereocenters. The zero-order chi connectivity index (χ0) is 20.1. The minimum absolute atomic E-state index is 0.0930. The maximum atomic E-state index is 14.0. The Balaban J connectivity index is 1.81. The largest absolute Gasteiger partial charge is 0.325 e. The van der Waals surface area contributed by atoms with Crippen LogP contribution in [0.3, 0.4) is 0 Å². The van der Waals surface area contributed by atoms with Gasteiger partial charge in [-0.15, -0.1) is 0 Å². The maximum absolute atomic E-state index is 14.0. The van der Waals surface area contributed by atoms with Crippen LogP contribution in [0.15, 0.2) is 60.9 Å². The number of hydrogen-bond acceptors (Lipinski definition) is 4. The smallest absolute Gasteiger partial charge is 0.255 e. The average molecular weight is 381 g/mol. The molecule has 144 valence electrons. The van der Waals surface area contributed by atoms with Gasteiger partial charge in [-0.05, 0) is 50.5 Å². The summed E-state index contributed by atoms with van der Waals surface area (Å²) in [4.78, 5) is 26.3. The molecule has 2 amide bonds. The Bertz CT molecular complexity index is 986. The predicted octanol–water partition coefficient (Wildman–Crippen LogP) is 2.76. The van der Waals surface area contributed by atoms with Gasteiger partial charge in [0.15, 0.2) is 0 Å². The number of rotatable bonds is 6. The van der Waals surface area contributed by atoms with Gasteiger partial charge in [0.2, 0.25) is 5.91 Å². The van der Waals surface area contributed by atoms with Crippen molar-refractivity contribution in [3.63, 3.8) is 0 Å². The molecular formula is C20H20FN5O2. The van der Waals surface area contributed by atoms with Crippen LogP contribution in [0.5, 0.6) is 0 Å². The fraction of sp³-hybridized carbons (Fsp3) is 0.150. The number of carbonyl (C=O) groups is 2. The van der Waals surface area contributed by atoms with Gasteiger partial charge in [0, 0.05) is 23.6 Å². The van der Waals surface area contributed by atoms with Crippen LogP contribution in [0.2, 0.25) is 0 Å². The quantitative estimate of drug-likeness (QED) is 0.688. The van der Waals surface area contributed by atoms with E-state index in [1.165, 1.54) is 12.1 Å². The highest BCUT2D eigenvalue weighted by atomic mass is 19.1. The first-order valence-electron chi connectivity index (χ1n) is 8.58. The molecule has 1 heterocycles. The van der Waals surface area contributed by atoms with E-state index < -0.39 is 11.7 Å². The van der Waals surface area contributed by atoms with Crippen LogP contribution in [0.4, 0.5) is 15.8 Å². The number of benzene rings is 2. The number of para-hydroxylation sites is 2. The molecule has 0 bridgehead atoms. The second-order valence-electron chi connectivity index (χ2n) is 6.44. The Morgan fingerprint density at radius 1 is 1.11 bits per heavy atom. The van der Waals surface area contributed by atoms with Gasteiger partial charge in [0.25, 0.3) is 5.91 Å². The number of halogens is 1. The molecule has 1 aromatic heterocycles. The van der Waals surface area contributed by atoms with Crippen LogP contribution >= 0.6 is 0 Å². The summed E-state index contributed by atoms with van der Waals surface area (Å²) >= 11 is 0. The molecule has 3 rings (SSSR count). The Kier molecular flexibility index (Phi) is 5.81. The monoisotopic (exact) mass is 381 g/mol. The second kappa shape index (κ2) is 8.45. The summed E-state index contributed by atoms with van der Waals surface area (Å²) < 4.78 is 15.6. The van der Waals surface area contributed by atoms with E-state index in [9.17, 15) is 14.0 Å².